The van der Waals surface area contributed by atoms with Gasteiger partial charge in [-0.3, -0.25) is 10.1 Å². The van der Waals surface area contributed by atoms with Crippen molar-refractivity contribution >= 4 is 27.7 Å². The number of nitrogens with two attached hydrogens (primary N) is 1. The third-order valence-corrected chi connectivity index (χ3v) is 4.05. The maximum atomic E-state index is 12.0. The van der Waals surface area contributed by atoms with Crippen LogP contribution in [0.3, 0.4) is 0 Å². The molecule has 19 heavy (non-hydrogen) atoms. The zero-order chi connectivity index (χ0) is 13.9. The summed E-state index contributed by atoms with van der Waals surface area (Å²) in [6, 6.07) is 1.91. The lowest BCUT2D eigenvalue weighted by Gasteiger charge is -2.27. The smallest absolute Gasteiger partial charge is 0.326 e. The van der Waals surface area contributed by atoms with Crippen LogP contribution in [-0.4, -0.2) is 23.6 Å². The molecule has 1 fully saturated rings. The van der Waals surface area contributed by atoms with Gasteiger partial charge in [-0.05, 0) is 34.8 Å². The van der Waals surface area contributed by atoms with Crippen molar-refractivity contribution in [1.29, 1.82) is 0 Å². The fraction of sp³-hybridized carbons (Fsp3) is 0.538. The molecule has 0 saturated heterocycles. The summed E-state index contributed by atoms with van der Waals surface area (Å²) in [7, 11) is 1.43. The van der Waals surface area contributed by atoms with Gasteiger partial charge in [0.2, 0.25) is 0 Å². The summed E-state index contributed by atoms with van der Waals surface area (Å²) in [5, 5.41) is 3.31. The summed E-state index contributed by atoms with van der Waals surface area (Å²) in [5.74, 6) is 0.292. The van der Waals surface area contributed by atoms with Crippen LogP contribution in [0.5, 0.6) is 0 Å². The molecule has 0 bridgehead atoms. The quantitative estimate of drug-likeness (QED) is 0.827. The van der Waals surface area contributed by atoms with Crippen LogP contribution in [0.4, 0.5) is 5.82 Å². The van der Waals surface area contributed by atoms with Gasteiger partial charge in [0.1, 0.15) is 11.4 Å². The molecule has 1 aromatic rings. The molecule has 6 heteroatoms. The van der Waals surface area contributed by atoms with E-state index in [9.17, 15) is 4.79 Å². The molecule has 104 valence electrons. The average Bonchev–Trinajstić information content (AvgIpc) is 2.89. The molecule has 0 amide bonds. The second-order valence-corrected chi connectivity index (χ2v) is 5.75. The van der Waals surface area contributed by atoms with Gasteiger partial charge in [-0.1, -0.05) is 12.8 Å². The largest absolute Gasteiger partial charge is 0.468 e. The Morgan fingerprint density at radius 3 is 2.89 bits per heavy atom. The lowest BCUT2D eigenvalue weighted by atomic mass is 9.97. The Morgan fingerprint density at radius 1 is 1.58 bits per heavy atom. The van der Waals surface area contributed by atoms with Gasteiger partial charge in [0, 0.05) is 22.8 Å². The maximum Gasteiger partial charge on any atom is 0.326 e. The van der Waals surface area contributed by atoms with Crippen molar-refractivity contribution in [3.05, 3.63) is 22.3 Å². The van der Waals surface area contributed by atoms with Crippen LogP contribution >= 0.6 is 15.9 Å². The van der Waals surface area contributed by atoms with E-state index in [1.165, 1.54) is 7.11 Å². The Kier molecular flexibility index (Phi) is 4.42. The second-order valence-electron chi connectivity index (χ2n) is 4.83. The molecule has 0 atom stereocenters. The molecule has 0 radical (unpaired) electrons. The number of nitrogens with one attached hydrogen (secondary N) is 1. The van der Waals surface area contributed by atoms with Crippen LogP contribution in [0.2, 0.25) is 0 Å². The van der Waals surface area contributed by atoms with E-state index >= 15 is 0 Å². The van der Waals surface area contributed by atoms with Gasteiger partial charge in [0.15, 0.2) is 0 Å². The minimum absolute atomic E-state index is 0.188. The first-order chi connectivity index (χ1) is 9.07. The fourth-order valence-corrected chi connectivity index (χ4v) is 2.90. The van der Waals surface area contributed by atoms with E-state index in [0.717, 1.165) is 35.7 Å². The molecule has 5 nitrogen and oxygen atoms in total. The van der Waals surface area contributed by atoms with Crippen LogP contribution < -0.4 is 11.1 Å². The molecular weight excluding hydrogens is 310 g/mol. The minimum atomic E-state index is -0.566. The summed E-state index contributed by atoms with van der Waals surface area (Å²) in [6.07, 6.45) is 5.34. The number of carbonyl (C=O) groups is 1. The average molecular weight is 328 g/mol. The molecule has 1 aromatic heterocycles. The number of ether oxygens (including phenoxy) is 1. The molecule has 1 aliphatic carbocycles. The van der Waals surface area contributed by atoms with E-state index < -0.39 is 5.54 Å². The zero-order valence-corrected chi connectivity index (χ0v) is 12.5. The van der Waals surface area contributed by atoms with E-state index in [1.54, 1.807) is 6.20 Å². The van der Waals surface area contributed by atoms with Gasteiger partial charge in [-0.25, -0.2) is 4.98 Å². The number of aromatic nitrogens is 1. The zero-order valence-electron chi connectivity index (χ0n) is 10.9. The minimum Gasteiger partial charge on any atom is -0.468 e. The van der Waals surface area contributed by atoms with E-state index in [4.69, 9.17) is 10.5 Å². The normalized spacial score (nSPS) is 17.4. The number of carbonyl (C=O) groups excluding carboxylic acids is 1. The standard InChI is InChI=1S/C13H18BrN3O2/c1-19-12(18)13(4-2-3-5-13)17-7-9-6-10(14)8-16-11(9)15/h6,8,17H,2-5,7H2,1H3,(H2,15,16). The third kappa shape index (κ3) is 3.06. The predicted molar refractivity (Wildman–Crippen MR) is 76.4 cm³/mol. The number of rotatable bonds is 4. The third-order valence-electron chi connectivity index (χ3n) is 3.62. The van der Waals surface area contributed by atoms with Crippen LogP contribution in [0.1, 0.15) is 31.2 Å². The summed E-state index contributed by atoms with van der Waals surface area (Å²) >= 11 is 3.37. The number of hydrogen-bond donors (Lipinski definition) is 2. The Hall–Kier alpha value is -1.14. The summed E-state index contributed by atoms with van der Waals surface area (Å²) in [4.78, 5) is 16.1. The number of hydrogen-bond acceptors (Lipinski definition) is 5. The molecular formula is C13H18BrN3O2. The molecule has 0 unspecified atom stereocenters. The Labute approximate surface area is 121 Å². The van der Waals surface area contributed by atoms with Gasteiger partial charge in [-0.15, -0.1) is 0 Å². The highest BCUT2D eigenvalue weighted by Crippen LogP contribution is 2.31. The second kappa shape index (κ2) is 5.88. The highest BCUT2D eigenvalue weighted by molar-refractivity contribution is 9.10. The van der Waals surface area contributed by atoms with Crippen LogP contribution in [0, 0.1) is 0 Å². The van der Waals surface area contributed by atoms with Crippen LogP contribution in [0.25, 0.3) is 0 Å². The first-order valence-corrected chi connectivity index (χ1v) is 7.10. The molecule has 1 heterocycles. The van der Waals surface area contributed by atoms with E-state index in [2.05, 4.69) is 26.2 Å². The Balaban J connectivity index is 2.11. The highest BCUT2D eigenvalue weighted by Gasteiger charge is 2.41. The lowest BCUT2D eigenvalue weighted by Crippen LogP contribution is -2.50. The van der Waals surface area contributed by atoms with E-state index in [1.807, 2.05) is 6.07 Å². The maximum absolute atomic E-state index is 12.0. The van der Waals surface area contributed by atoms with Gasteiger partial charge in [0.05, 0.1) is 7.11 Å². The molecule has 3 N–H and O–H groups in total. The molecule has 0 aromatic carbocycles. The Morgan fingerprint density at radius 2 is 2.26 bits per heavy atom. The number of nitrogens with zero attached hydrogens (tertiary/aromatic N) is 1. The molecule has 0 spiro atoms. The van der Waals surface area contributed by atoms with Crippen molar-refractivity contribution in [2.75, 3.05) is 12.8 Å². The summed E-state index contributed by atoms with van der Waals surface area (Å²) in [5.41, 5.74) is 6.15. The monoisotopic (exact) mass is 327 g/mol. The van der Waals surface area contributed by atoms with Gasteiger partial charge < -0.3 is 10.5 Å². The number of nitrogen functional groups attached to an aromatic ring is 1. The van der Waals surface area contributed by atoms with E-state index in [-0.39, 0.29) is 5.97 Å². The molecule has 1 saturated carbocycles. The topological polar surface area (TPSA) is 77.2 Å². The van der Waals surface area contributed by atoms with Crippen molar-refractivity contribution in [3.63, 3.8) is 0 Å². The number of esters is 1. The van der Waals surface area contributed by atoms with Crippen LogP contribution in [-0.2, 0) is 16.1 Å². The molecule has 0 aliphatic heterocycles. The Bertz CT molecular complexity index is 473. The highest BCUT2D eigenvalue weighted by atomic mass is 79.9. The van der Waals surface area contributed by atoms with Crippen molar-refractivity contribution in [1.82, 2.24) is 10.3 Å². The van der Waals surface area contributed by atoms with Crippen LogP contribution in [0.15, 0.2) is 16.7 Å². The van der Waals surface area contributed by atoms with Crippen molar-refractivity contribution in [3.8, 4) is 0 Å². The van der Waals surface area contributed by atoms with Crippen molar-refractivity contribution < 1.29 is 9.53 Å². The summed E-state index contributed by atoms with van der Waals surface area (Å²) in [6.45, 7) is 0.507. The predicted octanol–water partition coefficient (Wildman–Crippen LogP) is 2.00. The summed E-state index contributed by atoms with van der Waals surface area (Å²) < 4.78 is 5.79. The first kappa shape index (κ1) is 14.3. The van der Waals surface area contributed by atoms with Crippen molar-refractivity contribution in [2.45, 2.75) is 37.8 Å². The van der Waals surface area contributed by atoms with Crippen molar-refractivity contribution in [2.24, 2.45) is 0 Å². The number of pyridine rings is 1. The van der Waals surface area contributed by atoms with E-state index in [0.29, 0.717) is 12.4 Å². The molecule has 2 rings (SSSR count). The lowest BCUT2D eigenvalue weighted by molar-refractivity contribution is -0.148. The number of anilines is 1. The number of methoxy groups -OCH3 is 1. The number of halogens is 1. The molecule has 1 aliphatic rings. The van der Waals surface area contributed by atoms with Gasteiger partial charge in [0.25, 0.3) is 0 Å². The SMILES string of the molecule is COC(=O)C1(NCc2cc(Br)cnc2N)CCCC1. The van der Waals surface area contributed by atoms with Gasteiger partial charge >= 0.3 is 5.97 Å². The van der Waals surface area contributed by atoms with Gasteiger partial charge in [-0.2, -0.15) is 0 Å². The fourth-order valence-electron chi connectivity index (χ4n) is 2.52. The first-order valence-electron chi connectivity index (χ1n) is 6.31.